The van der Waals surface area contributed by atoms with Crippen LogP contribution in [0.4, 0.5) is 0 Å². The number of ketones is 1. The van der Waals surface area contributed by atoms with Gasteiger partial charge in [-0.25, -0.2) is 13.4 Å². The molecule has 31 heavy (non-hydrogen) atoms. The number of sulfone groups is 1. The zero-order valence-corrected chi connectivity index (χ0v) is 20.4. The zero-order chi connectivity index (χ0) is 22.6. The van der Waals surface area contributed by atoms with E-state index in [1.54, 1.807) is 32.1 Å². The highest BCUT2D eigenvalue weighted by molar-refractivity contribution is 7.92. The fourth-order valence-corrected chi connectivity index (χ4v) is 5.60. The molecule has 0 amide bonds. The summed E-state index contributed by atoms with van der Waals surface area (Å²) >= 11 is 1.68. The Labute approximate surface area is 189 Å². The topological polar surface area (TPSA) is 64.1 Å². The predicted octanol–water partition coefficient (Wildman–Crippen LogP) is 6.16. The van der Waals surface area contributed by atoms with Crippen molar-refractivity contribution in [3.05, 3.63) is 53.6 Å². The first-order valence-corrected chi connectivity index (χ1v) is 13.2. The summed E-state index contributed by atoms with van der Waals surface area (Å²) in [7, 11) is -3.07. The van der Waals surface area contributed by atoms with Crippen LogP contribution in [0.1, 0.15) is 57.6 Å². The fraction of sp³-hybridized carbons (Fsp3) is 0.440. The van der Waals surface area contributed by atoms with E-state index in [1.807, 2.05) is 24.3 Å². The lowest BCUT2D eigenvalue weighted by Crippen LogP contribution is -2.30. The molecule has 0 bridgehead atoms. The Balaban J connectivity index is 1.47. The number of aryl methyl sites for hydroxylation is 1. The van der Waals surface area contributed by atoms with Crippen molar-refractivity contribution >= 4 is 37.2 Å². The second-order valence-electron chi connectivity index (χ2n) is 9.14. The lowest BCUT2D eigenvalue weighted by Gasteiger charge is -2.18. The summed E-state index contributed by atoms with van der Waals surface area (Å²) in [6.07, 6.45) is 3.02. The van der Waals surface area contributed by atoms with E-state index in [2.05, 4.69) is 25.1 Å². The van der Waals surface area contributed by atoms with Crippen molar-refractivity contribution < 1.29 is 13.2 Å². The Morgan fingerprint density at radius 2 is 1.71 bits per heavy atom. The summed E-state index contributed by atoms with van der Waals surface area (Å²) in [6.45, 7) is 7.27. The molecule has 0 aliphatic carbocycles. The zero-order valence-electron chi connectivity index (χ0n) is 18.8. The van der Waals surface area contributed by atoms with Crippen LogP contribution in [0.2, 0.25) is 0 Å². The van der Waals surface area contributed by atoms with E-state index in [1.165, 1.54) is 10.3 Å². The molecule has 3 aromatic rings. The highest BCUT2D eigenvalue weighted by Gasteiger charge is 2.27. The van der Waals surface area contributed by atoms with Crippen LogP contribution in [0.5, 0.6) is 0 Å². The number of benzene rings is 2. The van der Waals surface area contributed by atoms with Gasteiger partial charge in [-0.05, 0) is 63.8 Å². The molecule has 0 unspecified atom stereocenters. The molecular formula is C25H31NO3S2. The molecule has 3 rings (SSSR count). The highest BCUT2D eigenvalue weighted by atomic mass is 32.2. The van der Waals surface area contributed by atoms with Gasteiger partial charge in [-0.3, -0.25) is 4.79 Å². The maximum atomic E-state index is 12.3. The first kappa shape index (κ1) is 23.6. The number of unbranched alkanes of at least 4 members (excludes halogenated alkanes) is 2. The summed E-state index contributed by atoms with van der Waals surface area (Å²) in [5.74, 6) is 0.388. The number of aromatic nitrogens is 1. The van der Waals surface area contributed by atoms with Crippen molar-refractivity contribution in [3.8, 4) is 10.6 Å². The molecule has 0 spiro atoms. The molecule has 6 heteroatoms. The van der Waals surface area contributed by atoms with Gasteiger partial charge in [-0.1, -0.05) is 36.8 Å². The van der Waals surface area contributed by atoms with Gasteiger partial charge in [0.25, 0.3) is 0 Å². The number of Topliss-reactive ketones (excluding diaryl/α,β-unsaturated/α-hetero) is 1. The van der Waals surface area contributed by atoms with Gasteiger partial charge in [0.1, 0.15) is 10.8 Å². The van der Waals surface area contributed by atoms with Gasteiger partial charge >= 0.3 is 0 Å². The minimum atomic E-state index is -3.07. The summed E-state index contributed by atoms with van der Waals surface area (Å²) < 4.78 is 24.7. The second kappa shape index (κ2) is 9.61. The highest BCUT2D eigenvalue weighted by Crippen LogP contribution is 2.31. The minimum Gasteiger partial charge on any atom is -0.299 e. The van der Waals surface area contributed by atoms with E-state index in [-0.39, 0.29) is 11.5 Å². The molecule has 1 aromatic heterocycles. The largest absolute Gasteiger partial charge is 0.299 e. The number of fused-ring (bicyclic) bond motifs is 1. The molecule has 4 nitrogen and oxygen atoms in total. The Morgan fingerprint density at radius 3 is 2.39 bits per heavy atom. The minimum absolute atomic E-state index is 0.192. The molecule has 0 radical (unpaired) electrons. The van der Waals surface area contributed by atoms with Crippen LogP contribution in [0, 0.1) is 6.92 Å². The number of hydrogen-bond acceptors (Lipinski definition) is 5. The van der Waals surface area contributed by atoms with E-state index in [9.17, 15) is 13.2 Å². The summed E-state index contributed by atoms with van der Waals surface area (Å²) in [4.78, 5) is 17.0. The van der Waals surface area contributed by atoms with Crippen LogP contribution in [-0.4, -0.2) is 29.7 Å². The van der Waals surface area contributed by atoms with Gasteiger partial charge < -0.3 is 0 Å². The molecule has 0 N–H and O–H groups in total. The molecule has 0 fully saturated rings. The van der Waals surface area contributed by atoms with Crippen molar-refractivity contribution in [1.29, 1.82) is 0 Å². The Hall–Kier alpha value is -2.05. The van der Waals surface area contributed by atoms with Crippen molar-refractivity contribution in [2.24, 2.45) is 0 Å². The van der Waals surface area contributed by atoms with Gasteiger partial charge in [-0.15, -0.1) is 11.3 Å². The summed E-state index contributed by atoms with van der Waals surface area (Å²) in [5.41, 5.74) is 4.31. The smallest absolute Gasteiger partial charge is 0.155 e. The molecule has 166 valence electrons. The maximum Gasteiger partial charge on any atom is 0.155 e. The van der Waals surface area contributed by atoms with Gasteiger partial charge in [-0.2, -0.15) is 0 Å². The Bertz CT molecular complexity index is 1150. The van der Waals surface area contributed by atoms with Crippen LogP contribution >= 0.6 is 11.3 Å². The van der Waals surface area contributed by atoms with E-state index in [0.717, 1.165) is 34.5 Å². The van der Waals surface area contributed by atoms with Gasteiger partial charge in [0.15, 0.2) is 9.84 Å². The standard InChI is InChI=1S/C25H31NO3S2/c1-18-9-14-22-23(16-18)30-24(26-22)20-12-10-19(11-13-20)17-21(27)8-6-5-7-15-31(28,29)25(2,3)4/h9-14,16H,5-8,15,17H2,1-4H3. The van der Waals surface area contributed by atoms with Gasteiger partial charge in [0.05, 0.1) is 20.7 Å². The molecule has 0 saturated heterocycles. The number of nitrogens with zero attached hydrogens (tertiary/aromatic N) is 1. The third-order valence-electron chi connectivity index (χ3n) is 5.45. The molecular weight excluding hydrogens is 426 g/mol. The van der Waals surface area contributed by atoms with Gasteiger partial charge in [0, 0.05) is 18.4 Å². The number of rotatable bonds is 9. The van der Waals surface area contributed by atoms with Crippen LogP contribution in [0.25, 0.3) is 20.8 Å². The van der Waals surface area contributed by atoms with Crippen molar-refractivity contribution in [2.75, 3.05) is 5.75 Å². The first-order chi connectivity index (χ1) is 14.5. The average Bonchev–Trinajstić information content (AvgIpc) is 3.10. The SMILES string of the molecule is Cc1ccc2nc(-c3ccc(CC(=O)CCCCCS(=O)(=O)C(C)(C)C)cc3)sc2c1. The van der Waals surface area contributed by atoms with E-state index >= 15 is 0 Å². The molecule has 2 aromatic carbocycles. The average molecular weight is 458 g/mol. The number of hydrogen-bond donors (Lipinski definition) is 0. The number of carbonyl (C=O) groups is 1. The Kier molecular flexibility index (Phi) is 7.32. The fourth-order valence-electron chi connectivity index (χ4n) is 3.33. The molecule has 1 heterocycles. The number of carbonyl (C=O) groups excluding carboxylic acids is 1. The third-order valence-corrected chi connectivity index (χ3v) is 9.21. The monoisotopic (exact) mass is 457 g/mol. The van der Waals surface area contributed by atoms with Gasteiger partial charge in [0.2, 0.25) is 0 Å². The second-order valence-corrected chi connectivity index (χ2v) is 13.0. The van der Waals surface area contributed by atoms with Crippen LogP contribution in [0.15, 0.2) is 42.5 Å². The van der Waals surface area contributed by atoms with Crippen molar-refractivity contribution in [1.82, 2.24) is 4.98 Å². The predicted molar refractivity (Wildman–Crippen MR) is 131 cm³/mol. The van der Waals surface area contributed by atoms with E-state index in [0.29, 0.717) is 19.3 Å². The van der Waals surface area contributed by atoms with Crippen LogP contribution < -0.4 is 0 Å². The lowest BCUT2D eigenvalue weighted by atomic mass is 10.0. The van der Waals surface area contributed by atoms with Crippen LogP contribution in [0.3, 0.4) is 0 Å². The van der Waals surface area contributed by atoms with E-state index in [4.69, 9.17) is 4.98 Å². The van der Waals surface area contributed by atoms with Crippen LogP contribution in [-0.2, 0) is 21.1 Å². The molecule has 0 atom stereocenters. The summed E-state index contributed by atoms with van der Waals surface area (Å²) in [6, 6.07) is 14.3. The molecule has 0 saturated carbocycles. The maximum absolute atomic E-state index is 12.3. The molecule has 0 aliphatic heterocycles. The molecule has 0 aliphatic rings. The van der Waals surface area contributed by atoms with Crippen molar-refractivity contribution in [3.63, 3.8) is 0 Å². The van der Waals surface area contributed by atoms with E-state index < -0.39 is 14.6 Å². The quantitative estimate of drug-likeness (QED) is 0.361. The first-order valence-electron chi connectivity index (χ1n) is 10.8. The normalized spacial score (nSPS) is 12.4. The summed E-state index contributed by atoms with van der Waals surface area (Å²) in [5, 5.41) is 0.990. The lowest BCUT2D eigenvalue weighted by molar-refractivity contribution is -0.118. The third kappa shape index (κ3) is 6.23. The number of thiazole rings is 1. The Morgan fingerprint density at radius 1 is 1.00 bits per heavy atom. The van der Waals surface area contributed by atoms with Crippen molar-refractivity contribution in [2.45, 2.75) is 64.5 Å².